The number of likely N-dealkylation sites (N-methyl/N-ethyl adjacent to an activating group) is 1. The first-order chi connectivity index (χ1) is 5.11. The third-order valence-electron chi connectivity index (χ3n) is 2.50. The molecule has 1 heterocycles. The van der Waals surface area contributed by atoms with Crippen molar-refractivity contribution in [2.75, 3.05) is 26.7 Å². The van der Waals surface area contributed by atoms with E-state index in [1.54, 1.807) is 0 Å². The highest BCUT2D eigenvalue weighted by molar-refractivity contribution is 4.79. The molecule has 1 unspecified atom stereocenters. The van der Waals surface area contributed by atoms with Crippen LogP contribution in [0.3, 0.4) is 0 Å². The summed E-state index contributed by atoms with van der Waals surface area (Å²) in [5.74, 6) is 6.43. The number of hydrogen-bond donors (Lipinski definition) is 1. The molecule has 11 heavy (non-hydrogen) atoms. The van der Waals surface area contributed by atoms with Gasteiger partial charge in [0.2, 0.25) is 0 Å². The molecule has 1 aliphatic heterocycles. The van der Waals surface area contributed by atoms with Crippen molar-refractivity contribution in [3.8, 4) is 0 Å². The Morgan fingerprint density at radius 1 is 1.36 bits per heavy atom. The first-order valence-electron chi connectivity index (χ1n) is 4.31. The van der Waals surface area contributed by atoms with Crippen LogP contribution in [0.15, 0.2) is 0 Å². The molecule has 2 N–H and O–H groups in total. The van der Waals surface area contributed by atoms with Crippen LogP contribution in [-0.4, -0.2) is 42.6 Å². The Hall–Kier alpha value is -0.120. The second-order valence-corrected chi connectivity index (χ2v) is 3.79. The van der Waals surface area contributed by atoms with Gasteiger partial charge in [-0.05, 0) is 13.0 Å². The summed E-state index contributed by atoms with van der Waals surface area (Å²) in [4.78, 5) is 2.40. The third-order valence-corrected chi connectivity index (χ3v) is 2.50. The minimum absolute atomic E-state index is 0.633. The summed E-state index contributed by atoms with van der Waals surface area (Å²) in [6.45, 7) is 7.61. The molecule has 1 saturated heterocycles. The molecular formula is C8H19N3. The summed E-state index contributed by atoms with van der Waals surface area (Å²) in [5.41, 5.74) is 0. The van der Waals surface area contributed by atoms with Crippen molar-refractivity contribution in [1.82, 2.24) is 9.91 Å². The van der Waals surface area contributed by atoms with E-state index in [1.807, 2.05) is 5.01 Å². The fourth-order valence-corrected chi connectivity index (χ4v) is 1.64. The van der Waals surface area contributed by atoms with E-state index >= 15 is 0 Å². The van der Waals surface area contributed by atoms with E-state index < -0.39 is 0 Å². The van der Waals surface area contributed by atoms with Crippen LogP contribution in [0.5, 0.6) is 0 Å². The van der Waals surface area contributed by atoms with Gasteiger partial charge in [-0.15, -0.1) is 0 Å². The minimum atomic E-state index is 0.633. The van der Waals surface area contributed by atoms with Gasteiger partial charge in [-0.1, -0.05) is 13.8 Å². The number of hydrogen-bond acceptors (Lipinski definition) is 3. The SMILES string of the molecule is CC(C)C1CN(N)CCN1C. The van der Waals surface area contributed by atoms with Crippen molar-refractivity contribution in [3.63, 3.8) is 0 Å². The molecular weight excluding hydrogens is 138 g/mol. The molecule has 0 aromatic rings. The van der Waals surface area contributed by atoms with Crippen molar-refractivity contribution in [3.05, 3.63) is 0 Å². The van der Waals surface area contributed by atoms with E-state index in [2.05, 4.69) is 25.8 Å². The lowest BCUT2D eigenvalue weighted by Crippen LogP contribution is -2.55. The van der Waals surface area contributed by atoms with E-state index in [4.69, 9.17) is 5.84 Å². The first kappa shape index (κ1) is 8.97. The molecule has 66 valence electrons. The molecule has 0 spiro atoms. The van der Waals surface area contributed by atoms with E-state index in [0.717, 1.165) is 19.6 Å². The second-order valence-electron chi connectivity index (χ2n) is 3.79. The van der Waals surface area contributed by atoms with Crippen LogP contribution in [0.2, 0.25) is 0 Å². The highest BCUT2D eigenvalue weighted by Gasteiger charge is 2.24. The summed E-state index contributed by atoms with van der Waals surface area (Å²) in [7, 11) is 2.18. The second kappa shape index (κ2) is 3.52. The summed E-state index contributed by atoms with van der Waals surface area (Å²) < 4.78 is 0. The summed E-state index contributed by atoms with van der Waals surface area (Å²) in [5, 5.41) is 1.92. The van der Waals surface area contributed by atoms with Crippen LogP contribution < -0.4 is 5.84 Å². The Morgan fingerprint density at radius 3 is 2.45 bits per heavy atom. The smallest absolute Gasteiger partial charge is 0.0287 e. The fraction of sp³-hybridized carbons (Fsp3) is 1.00. The highest BCUT2D eigenvalue weighted by atomic mass is 15.4. The Labute approximate surface area is 69.1 Å². The van der Waals surface area contributed by atoms with Gasteiger partial charge < -0.3 is 4.90 Å². The minimum Gasteiger partial charge on any atom is -0.301 e. The molecule has 3 heteroatoms. The van der Waals surface area contributed by atoms with Crippen molar-refractivity contribution >= 4 is 0 Å². The zero-order valence-corrected chi connectivity index (χ0v) is 7.75. The van der Waals surface area contributed by atoms with E-state index in [-0.39, 0.29) is 0 Å². The molecule has 1 atom stereocenters. The zero-order chi connectivity index (χ0) is 8.43. The Balaban J connectivity index is 2.47. The van der Waals surface area contributed by atoms with Gasteiger partial charge in [-0.3, -0.25) is 5.84 Å². The van der Waals surface area contributed by atoms with Gasteiger partial charge in [-0.25, -0.2) is 5.01 Å². The van der Waals surface area contributed by atoms with Crippen molar-refractivity contribution in [2.45, 2.75) is 19.9 Å². The Bertz CT molecular complexity index is 125. The van der Waals surface area contributed by atoms with Crippen LogP contribution in [-0.2, 0) is 0 Å². The lowest BCUT2D eigenvalue weighted by molar-refractivity contribution is 0.0703. The van der Waals surface area contributed by atoms with Crippen LogP contribution in [0.1, 0.15) is 13.8 Å². The number of nitrogens with two attached hydrogens (primary N) is 1. The van der Waals surface area contributed by atoms with Gasteiger partial charge in [-0.2, -0.15) is 0 Å². The lowest BCUT2D eigenvalue weighted by atomic mass is 10.0. The molecule has 1 rings (SSSR count). The monoisotopic (exact) mass is 157 g/mol. The fourth-order valence-electron chi connectivity index (χ4n) is 1.64. The maximum Gasteiger partial charge on any atom is 0.0287 e. The standard InChI is InChI=1S/C8H19N3/c1-7(2)8-6-11(9)5-4-10(8)3/h7-8H,4-6,9H2,1-3H3. The summed E-state index contributed by atoms with van der Waals surface area (Å²) in [6.07, 6.45) is 0. The van der Waals surface area contributed by atoms with Gasteiger partial charge in [0.15, 0.2) is 0 Å². The topological polar surface area (TPSA) is 32.5 Å². The van der Waals surface area contributed by atoms with Gasteiger partial charge in [0, 0.05) is 25.7 Å². The maximum atomic E-state index is 5.73. The molecule has 1 fully saturated rings. The van der Waals surface area contributed by atoms with Gasteiger partial charge in [0.1, 0.15) is 0 Å². The number of hydrazine groups is 1. The Kier molecular flexibility index (Phi) is 2.87. The molecule has 0 radical (unpaired) electrons. The maximum absolute atomic E-state index is 5.73. The zero-order valence-electron chi connectivity index (χ0n) is 7.75. The van der Waals surface area contributed by atoms with Crippen LogP contribution in [0, 0.1) is 5.92 Å². The number of rotatable bonds is 1. The van der Waals surface area contributed by atoms with E-state index in [1.165, 1.54) is 0 Å². The average Bonchev–Trinajstić information content (AvgIpc) is 1.94. The molecule has 0 aliphatic carbocycles. The van der Waals surface area contributed by atoms with Crippen LogP contribution >= 0.6 is 0 Å². The van der Waals surface area contributed by atoms with Crippen LogP contribution in [0.25, 0.3) is 0 Å². The first-order valence-corrected chi connectivity index (χ1v) is 4.31. The van der Waals surface area contributed by atoms with Gasteiger partial charge >= 0.3 is 0 Å². The molecule has 0 aromatic carbocycles. The quantitative estimate of drug-likeness (QED) is 0.549. The normalized spacial score (nSPS) is 29.7. The molecule has 0 saturated carbocycles. The van der Waals surface area contributed by atoms with Gasteiger partial charge in [0.05, 0.1) is 0 Å². The largest absolute Gasteiger partial charge is 0.301 e. The van der Waals surface area contributed by atoms with Crippen LogP contribution in [0.4, 0.5) is 0 Å². The third kappa shape index (κ3) is 2.15. The van der Waals surface area contributed by atoms with E-state index in [0.29, 0.717) is 12.0 Å². The number of nitrogens with zero attached hydrogens (tertiary/aromatic N) is 2. The van der Waals surface area contributed by atoms with E-state index in [9.17, 15) is 0 Å². The predicted molar refractivity (Wildman–Crippen MR) is 47.0 cm³/mol. The Morgan fingerprint density at radius 2 is 2.00 bits per heavy atom. The van der Waals surface area contributed by atoms with Crippen molar-refractivity contribution in [2.24, 2.45) is 11.8 Å². The van der Waals surface area contributed by atoms with Gasteiger partial charge in [0.25, 0.3) is 0 Å². The predicted octanol–water partition coefficient (Wildman–Crippen LogP) is 0.132. The summed E-state index contributed by atoms with van der Waals surface area (Å²) in [6, 6.07) is 0.633. The van der Waals surface area contributed by atoms with Crippen molar-refractivity contribution < 1.29 is 0 Å². The highest BCUT2D eigenvalue weighted by Crippen LogP contribution is 2.12. The molecule has 0 amide bonds. The average molecular weight is 157 g/mol. The summed E-state index contributed by atoms with van der Waals surface area (Å²) >= 11 is 0. The molecule has 3 nitrogen and oxygen atoms in total. The molecule has 1 aliphatic rings. The molecule has 0 bridgehead atoms. The number of piperazine rings is 1. The van der Waals surface area contributed by atoms with Crippen molar-refractivity contribution in [1.29, 1.82) is 0 Å². The lowest BCUT2D eigenvalue weighted by Gasteiger charge is -2.39. The molecule has 0 aromatic heterocycles.